The van der Waals surface area contributed by atoms with Gasteiger partial charge in [0.2, 0.25) is 5.75 Å². The van der Waals surface area contributed by atoms with Gasteiger partial charge >= 0.3 is 5.69 Å². The Kier molecular flexibility index (Phi) is 4.62. The van der Waals surface area contributed by atoms with Crippen LogP contribution in [0.3, 0.4) is 0 Å². The van der Waals surface area contributed by atoms with E-state index < -0.39 is 10.8 Å². The van der Waals surface area contributed by atoms with Gasteiger partial charge in [0, 0.05) is 23.7 Å². The summed E-state index contributed by atoms with van der Waals surface area (Å²) in [7, 11) is 1.45. The molecule has 2 aromatic carbocycles. The molecule has 0 aliphatic rings. The van der Waals surface area contributed by atoms with Gasteiger partial charge in [0.15, 0.2) is 0 Å². The summed E-state index contributed by atoms with van der Waals surface area (Å²) >= 11 is 5.90. The summed E-state index contributed by atoms with van der Waals surface area (Å²) in [6, 6.07) is 9.06. The van der Waals surface area contributed by atoms with Gasteiger partial charge in [-0.15, -0.1) is 0 Å². The molecule has 0 aliphatic heterocycles. The number of ether oxygens (including phenoxy) is 1. The molecule has 2 rings (SSSR count). The van der Waals surface area contributed by atoms with Gasteiger partial charge in [-0.25, -0.2) is 0 Å². The largest absolute Gasteiger partial charge is 0.450 e. The van der Waals surface area contributed by atoms with Crippen molar-refractivity contribution in [1.82, 2.24) is 5.32 Å². The molecule has 0 aliphatic carbocycles. The van der Waals surface area contributed by atoms with E-state index in [1.54, 1.807) is 25.1 Å². The number of nitrogens with zero attached hydrogens (tertiary/aromatic N) is 1. The second-order valence-electron chi connectivity index (χ2n) is 4.53. The third-order valence-corrected chi connectivity index (χ3v) is 3.25. The van der Waals surface area contributed by atoms with E-state index in [2.05, 4.69) is 5.32 Å². The van der Waals surface area contributed by atoms with E-state index in [0.29, 0.717) is 10.8 Å². The molecule has 2 aromatic rings. The molecule has 0 atom stereocenters. The minimum Gasteiger partial charge on any atom is -0.450 e. The van der Waals surface area contributed by atoms with E-state index in [9.17, 15) is 14.9 Å². The van der Waals surface area contributed by atoms with E-state index in [-0.39, 0.29) is 17.0 Å². The molecule has 0 aromatic heterocycles. The first-order chi connectivity index (χ1) is 10.4. The van der Waals surface area contributed by atoms with Crippen LogP contribution in [0.15, 0.2) is 36.4 Å². The quantitative estimate of drug-likeness (QED) is 0.687. The number of rotatable bonds is 4. The zero-order valence-corrected chi connectivity index (χ0v) is 12.7. The number of nitrogens with one attached hydrogen (secondary N) is 1. The number of hydrogen-bond acceptors (Lipinski definition) is 4. The zero-order valence-electron chi connectivity index (χ0n) is 11.9. The van der Waals surface area contributed by atoms with Crippen LogP contribution in [0.5, 0.6) is 11.5 Å². The Bertz CT molecular complexity index is 746. The van der Waals surface area contributed by atoms with Crippen molar-refractivity contribution in [3.8, 4) is 11.5 Å². The molecule has 114 valence electrons. The van der Waals surface area contributed by atoms with Crippen LogP contribution >= 0.6 is 11.6 Å². The van der Waals surface area contributed by atoms with Gasteiger partial charge in [-0.1, -0.05) is 17.7 Å². The van der Waals surface area contributed by atoms with Gasteiger partial charge in [-0.05, 0) is 36.8 Å². The molecule has 7 heteroatoms. The monoisotopic (exact) mass is 320 g/mol. The van der Waals surface area contributed by atoms with Crippen LogP contribution in [0, 0.1) is 17.0 Å². The van der Waals surface area contributed by atoms with Crippen molar-refractivity contribution in [2.45, 2.75) is 6.92 Å². The number of amides is 1. The summed E-state index contributed by atoms with van der Waals surface area (Å²) in [4.78, 5) is 22.2. The Hall–Kier alpha value is -2.60. The van der Waals surface area contributed by atoms with E-state index in [4.69, 9.17) is 16.3 Å². The maximum absolute atomic E-state index is 11.6. The fourth-order valence-electron chi connectivity index (χ4n) is 1.83. The molecule has 0 saturated carbocycles. The smallest absolute Gasteiger partial charge is 0.312 e. The number of carbonyl (C=O) groups excluding carboxylic acids is 1. The van der Waals surface area contributed by atoms with Crippen LogP contribution < -0.4 is 10.1 Å². The summed E-state index contributed by atoms with van der Waals surface area (Å²) in [6.45, 7) is 1.80. The van der Waals surface area contributed by atoms with Gasteiger partial charge < -0.3 is 10.1 Å². The Labute approximate surface area is 131 Å². The molecule has 0 saturated heterocycles. The average molecular weight is 321 g/mol. The van der Waals surface area contributed by atoms with Gasteiger partial charge in [0.05, 0.1) is 4.92 Å². The molecule has 0 bridgehead atoms. The average Bonchev–Trinajstić information content (AvgIpc) is 2.50. The maximum Gasteiger partial charge on any atom is 0.312 e. The number of halogens is 1. The SMILES string of the molecule is CNC(=O)c1ccc(Oc2cc(Cl)ccc2C)c([N+](=O)[O-])c1. The van der Waals surface area contributed by atoms with Crippen molar-refractivity contribution in [3.63, 3.8) is 0 Å². The highest BCUT2D eigenvalue weighted by Gasteiger charge is 2.19. The summed E-state index contributed by atoms with van der Waals surface area (Å²) < 4.78 is 5.59. The Morgan fingerprint density at radius 2 is 1.95 bits per heavy atom. The highest BCUT2D eigenvalue weighted by Crippen LogP contribution is 2.34. The van der Waals surface area contributed by atoms with Crippen molar-refractivity contribution in [2.24, 2.45) is 0 Å². The lowest BCUT2D eigenvalue weighted by Gasteiger charge is -2.10. The molecule has 22 heavy (non-hydrogen) atoms. The molecule has 0 heterocycles. The van der Waals surface area contributed by atoms with Crippen LogP contribution in [-0.2, 0) is 0 Å². The standard InChI is InChI=1S/C15H13ClN2O4/c1-9-3-5-11(16)8-14(9)22-13-6-4-10(15(19)17-2)7-12(13)18(20)21/h3-8H,1-2H3,(H,17,19). The summed E-state index contributed by atoms with van der Waals surface area (Å²) in [5.74, 6) is 0.0555. The Balaban J connectivity index is 2.44. The third-order valence-electron chi connectivity index (χ3n) is 3.01. The Morgan fingerprint density at radius 3 is 2.59 bits per heavy atom. The lowest BCUT2D eigenvalue weighted by Crippen LogP contribution is -2.17. The first kappa shape index (κ1) is 15.8. The van der Waals surface area contributed by atoms with Crippen LogP contribution in [0.2, 0.25) is 5.02 Å². The lowest BCUT2D eigenvalue weighted by molar-refractivity contribution is -0.385. The fraction of sp³-hybridized carbons (Fsp3) is 0.133. The normalized spacial score (nSPS) is 10.1. The van der Waals surface area contributed by atoms with E-state index >= 15 is 0 Å². The van der Waals surface area contributed by atoms with Crippen molar-refractivity contribution >= 4 is 23.2 Å². The minimum absolute atomic E-state index is 0.0445. The molecular formula is C15H13ClN2O4. The first-order valence-corrected chi connectivity index (χ1v) is 6.74. The molecule has 0 radical (unpaired) electrons. The van der Waals surface area contributed by atoms with Crippen LogP contribution in [0.1, 0.15) is 15.9 Å². The summed E-state index contributed by atoms with van der Waals surface area (Å²) in [6.07, 6.45) is 0. The predicted molar refractivity (Wildman–Crippen MR) is 82.7 cm³/mol. The minimum atomic E-state index is -0.596. The number of nitro benzene ring substituents is 1. The van der Waals surface area contributed by atoms with Crippen molar-refractivity contribution < 1.29 is 14.5 Å². The second kappa shape index (κ2) is 6.44. The molecule has 0 spiro atoms. The van der Waals surface area contributed by atoms with Gasteiger partial charge in [-0.3, -0.25) is 14.9 Å². The molecule has 0 unspecified atom stereocenters. The van der Waals surface area contributed by atoms with Crippen LogP contribution in [0.25, 0.3) is 0 Å². The van der Waals surface area contributed by atoms with E-state index in [1.807, 2.05) is 0 Å². The molecule has 1 N–H and O–H groups in total. The second-order valence-corrected chi connectivity index (χ2v) is 4.97. The predicted octanol–water partition coefficient (Wildman–Crippen LogP) is 3.71. The van der Waals surface area contributed by atoms with Crippen molar-refractivity contribution in [1.29, 1.82) is 0 Å². The fourth-order valence-corrected chi connectivity index (χ4v) is 2.00. The number of benzene rings is 2. The zero-order chi connectivity index (χ0) is 16.3. The van der Waals surface area contributed by atoms with Crippen LogP contribution in [-0.4, -0.2) is 17.9 Å². The highest BCUT2D eigenvalue weighted by atomic mass is 35.5. The molecule has 0 fully saturated rings. The topological polar surface area (TPSA) is 81.5 Å². The highest BCUT2D eigenvalue weighted by molar-refractivity contribution is 6.30. The number of aryl methyl sites for hydroxylation is 1. The van der Waals surface area contributed by atoms with Crippen molar-refractivity contribution in [2.75, 3.05) is 7.05 Å². The number of hydrogen-bond donors (Lipinski definition) is 1. The van der Waals surface area contributed by atoms with E-state index in [0.717, 1.165) is 5.56 Å². The van der Waals surface area contributed by atoms with E-state index in [1.165, 1.54) is 25.2 Å². The summed E-state index contributed by atoms with van der Waals surface area (Å²) in [5, 5.41) is 14.1. The maximum atomic E-state index is 11.6. The Morgan fingerprint density at radius 1 is 1.23 bits per heavy atom. The molecule has 1 amide bonds. The molecule has 6 nitrogen and oxygen atoms in total. The summed E-state index contributed by atoms with van der Waals surface area (Å²) in [5.41, 5.74) is 0.680. The van der Waals surface area contributed by atoms with Crippen LogP contribution in [0.4, 0.5) is 5.69 Å². The number of nitro groups is 1. The number of carbonyl (C=O) groups is 1. The first-order valence-electron chi connectivity index (χ1n) is 6.37. The van der Waals surface area contributed by atoms with Gasteiger partial charge in [0.1, 0.15) is 5.75 Å². The van der Waals surface area contributed by atoms with Gasteiger partial charge in [-0.2, -0.15) is 0 Å². The van der Waals surface area contributed by atoms with Crippen molar-refractivity contribution in [3.05, 3.63) is 62.7 Å². The third kappa shape index (κ3) is 3.35. The molecular weight excluding hydrogens is 308 g/mol. The lowest BCUT2D eigenvalue weighted by atomic mass is 10.1. The van der Waals surface area contributed by atoms with Gasteiger partial charge in [0.25, 0.3) is 5.91 Å².